The van der Waals surface area contributed by atoms with Crippen molar-refractivity contribution in [2.75, 3.05) is 24.4 Å². The highest BCUT2D eigenvalue weighted by atomic mass is 16.5. The van der Waals surface area contributed by atoms with Crippen LogP contribution in [0.15, 0.2) is 48.5 Å². The number of anilines is 2. The fraction of sp³-hybridized carbons (Fsp3) is 0.188. The Morgan fingerprint density at radius 2 is 1.68 bits per heavy atom. The Morgan fingerprint density at radius 1 is 1.05 bits per heavy atom. The summed E-state index contributed by atoms with van der Waals surface area (Å²) < 4.78 is 10.9. The summed E-state index contributed by atoms with van der Waals surface area (Å²) in [6.07, 6.45) is 0. The Kier molecular flexibility index (Phi) is 5.48. The van der Waals surface area contributed by atoms with E-state index in [1.165, 1.54) is 0 Å². The zero-order chi connectivity index (χ0) is 15.8. The van der Waals surface area contributed by atoms with Crippen molar-refractivity contribution in [3.05, 3.63) is 48.5 Å². The number of benzene rings is 2. The van der Waals surface area contributed by atoms with Crippen molar-refractivity contribution < 1.29 is 14.3 Å². The molecular weight excluding hydrogens is 282 g/mol. The van der Waals surface area contributed by atoms with Gasteiger partial charge in [0.2, 0.25) is 0 Å². The van der Waals surface area contributed by atoms with Crippen LogP contribution in [-0.2, 0) is 0 Å². The molecule has 0 aliphatic carbocycles. The molecule has 116 valence electrons. The number of nitrogens with two attached hydrogens (primary N) is 1. The first kappa shape index (κ1) is 15.5. The molecule has 0 spiro atoms. The van der Waals surface area contributed by atoms with Crippen LogP contribution in [0.1, 0.15) is 6.92 Å². The lowest BCUT2D eigenvalue weighted by molar-refractivity contribution is 0.229. The molecule has 0 bridgehead atoms. The molecular formula is C16H19N3O3. The van der Waals surface area contributed by atoms with E-state index in [-0.39, 0.29) is 12.8 Å². The van der Waals surface area contributed by atoms with Crippen molar-refractivity contribution in [2.24, 2.45) is 0 Å². The van der Waals surface area contributed by atoms with Crippen LogP contribution >= 0.6 is 0 Å². The van der Waals surface area contributed by atoms with Gasteiger partial charge in [-0.2, -0.15) is 0 Å². The van der Waals surface area contributed by atoms with Crippen LogP contribution in [0.2, 0.25) is 0 Å². The second-order valence-electron chi connectivity index (χ2n) is 4.42. The highest BCUT2D eigenvalue weighted by Gasteiger charge is 2.05. The molecule has 6 heteroatoms. The van der Waals surface area contributed by atoms with Crippen LogP contribution in [-0.4, -0.2) is 19.4 Å². The predicted molar refractivity (Wildman–Crippen MR) is 86.1 cm³/mol. The molecule has 0 saturated carbocycles. The van der Waals surface area contributed by atoms with Gasteiger partial charge < -0.3 is 25.8 Å². The fourth-order valence-electron chi connectivity index (χ4n) is 1.77. The second kappa shape index (κ2) is 7.78. The van der Waals surface area contributed by atoms with E-state index in [2.05, 4.69) is 10.6 Å². The number of urea groups is 1. The van der Waals surface area contributed by atoms with E-state index >= 15 is 0 Å². The Morgan fingerprint density at radius 3 is 2.32 bits per heavy atom. The minimum atomic E-state index is -0.362. The van der Waals surface area contributed by atoms with Crippen LogP contribution in [0.5, 0.6) is 11.5 Å². The Bertz CT molecular complexity index is 614. The Labute approximate surface area is 129 Å². The van der Waals surface area contributed by atoms with Crippen LogP contribution in [0.25, 0.3) is 0 Å². The molecule has 0 fully saturated rings. The lowest BCUT2D eigenvalue weighted by Crippen LogP contribution is -2.32. The number of carbonyl (C=O) groups excluding carboxylic acids is 1. The van der Waals surface area contributed by atoms with E-state index in [1.54, 1.807) is 30.3 Å². The number of hydrogen-bond donors (Lipinski definition) is 3. The predicted octanol–water partition coefficient (Wildman–Crippen LogP) is 2.83. The van der Waals surface area contributed by atoms with Crippen LogP contribution in [0.4, 0.5) is 16.2 Å². The summed E-state index contributed by atoms with van der Waals surface area (Å²) in [5, 5.41) is 5.28. The number of carbonyl (C=O) groups is 1. The number of ether oxygens (including phenoxy) is 2. The smallest absolute Gasteiger partial charge is 0.321 e. The van der Waals surface area contributed by atoms with E-state index < -0.39 is 0 Å². The van der Waals surface area contributed by atoms with Crippen molar-refractivity contribution in [2.45, 2.75) is 6.92 Å². The van der Waals surface area contributed by atoms with Gasteiger partial charge in [-0.3, -0.25) is 0 Å². The number of rotatable bonds is 6. The average molecular weight is 301 g/mol. The molecule has 0 heterocycles. The van der Waals surface area contributed by atoms with Crippen LogP contribution in [0, 0.1) is 0 Å². The molecule has 2 aromatic rings. The molecule has 0 saturated heterocycles. The molecule has 0 radical (unpaired) electrons. The number of nitrogens with one attached hydrogen (secondary N) is 2. The van der Waals surface area contributed by atoms with Crippen molar-refractivity contribution in [3.63, 3.8) is 0 Å². The maximum absolute atomic E-state index is 11.7. The van der Waals surface area contributed by atoms with Gasteiger partial charge in [0.1, 0.15) is 0 Å². The summed E-state index contributed by atoms with van der Waals surface area (Å²) in [6, 6.07) is 13.8. The molecule has 0 aliphatic rings. The average Bonchev–Trinajstić information content (AvgIpc) is 2.51. The molecule has 2 rings (SSSR count). The first-order chi connectivity index (χ1) is 10.7. The molecule has 0 atom stereocenters. The summed E-state index contributed by atoms with van der Waals surface area (Å²) >= 11 is 0. The van der Waals surface area contributed by atoms with Gasteiger partial charge in [0.15, 0.2) is 18.2 Å². The van der Waals surface area contributed by atoms with Gasteiger partial charge in [-0.25, -0.2) is 4.79 Å². The van der Waals surface area contributed by atoms with Gasteiger partial charge >= 0.3 is 6.03 Å². The zero-order valence-corrected chi connectivity index (χ0v) is 12.3. The molecule has 6 nitrogen and oxygen atoms in total. The fourth-order valence-corrected chi connectivity index (χ4v) is 1.77. The van der Waals surface area contributed by atoms with E-state index in [4.69, 9.17) is 15.2 Å². The molecule has 4 N–H and O–H groups in total. The van der Waals surface area contributed by atoms with Gasteiger partial charge in [0, 0.05) is 11.4 Å². The Hall–Kier alpha value is -2.89. The molecule has 2 amide bonds. The lowest BCUT2D eigenvalue weighted by Gasteiger charge is -2.12. The maximum atomic E-state index is 11.7. The van der Waals surface area contributed by atoms with Crippen LogP contribution in [0.3, 0.4) is 0 Å². The van der Waals surface area contributed by atoms with Crippen molar-refractivity contribution in [1.29, 1.82) is 0 Å². The number of hydrogen-bond acceptors (Lipinski definition) is 4. The lowest BCUT2D eigenvalue weighted by atomic mass is 10.3. The third-order valence-electron chi connectivity index (χ3n) is 2.78. The normalized spacial score (nSPS) is 9.86. The van der Waals surface area contributed by atoms with Gasteiger partial charge in [-0.05, 0) is 43.3 Å². The molecule has 22 heavy (non-hydrogen) atoms. The van der Waals surface area contributed by atoms with Gasteiger partial charge in [-0.1, -0.05) is 12.1 Å². The molecule has 0 aliphatic heterocycles. The van der Waals surface area contributed by atoms with E-state index in [9.17, 15) is 4.79 Å². The third kappa shape index (κ3) is 4.59. The first-order valence-electron chi connectivity index (χ1n) is 6.94. The second-order valence-corrected chi connectivity index (χ2v) is 4.42. The largest absolute Gasteiger partial charge is 0.490 e. The highest BCUT2D eigenvalue weighted by Crippen LogP contribution is 2.25. The van der Waals surface area contributed by atoms with Crippen molar-refractivity contribution in [1.82, 2.24) is 5.32 Å². The maximum Gasteiger partial charge on any atom is 0.321 e. The van der Waals surface area contributed by atoms with Gasteiger partial charge in [0.25, 0.3) is 0 Å². The molecule has 0 aromatic heterocycles. The van der Waals surface area contributed by atoms with Gasteiger partial charge in [0.05, 0.1) is 6.61 Å². The zero-order valence-electron chi connectivity index (χ0n) is 12.3. The monoisotopic (exact) mass is 301 g/mol. The standard InChI is InChI=1S/C16H19N3O3/c1-2-21-14-5-3-4-6-15(14)22-11-18-16(20)19-13-9-7-12(17)8-10-13/h3-10H,2,11,17H2,1H3,(H2,18,19,20). The molecule has 2 aromatic carbocycles. The number of para-hydroxylation sites is 2. The minimum Gasteiger partial charge on any atom is -0.490 e. The van der Waals surface area contributed by atoms with Crippen LogP contribution < -0.4 is 25.8 Å². The Balaban J connectivity index is 1.81. The van der Waals surface area contributed by atoms with E-state index in [1.807, 2.05) is 25.1 Å². The summed E-state index contributed by atoms with van der Waals surface area (Å²) in [4.78, 5) is 11.7. The SMILES string of the molecule is CCOc1ccccc1OCNC(=O)Nc1ccc(N)cc1. The molecule has 0 unspecified atom stereocenters. The summed E-state index contributed by atoms with van der Waals surface area (Å²) in [5.41, 5.74) is 6.88. The summed E-state index contributed by atoms with van der Waals surface area (Å²) in [6.45, 7) is 2.48. The van der Waals surface area contributed by atoms with Crippen molar-refractivity contribution in [3.8, 4) is 11.5 Å². The number of nitrogen functional groups attached to an aromatic ring is 1. The first-order valence-corrected chi connectivity index (χ1v) is 6.94. The van der Waals surface area contributed by atoms with Crippen molar-refractivity contribution >= 4 is 17.4 Å². The number of amides is 2. The highest BCUT2D eigenvalue weighted by molar-refractivity contribution is 5.89. The minimum absolute atomic E-state index is 0.0326. The van der Waals surface area contributed by atoms with E-state index in [0.29, 0.717) is 29.5 Å². The third-order valence-corrected chi connectivity index (χ3v) is 2.78. The topological polar surface area (TPSA) is 85.6 Å². The van der Waals surface area contributed by atoms with E-state index in [0.717, 1.165) is 0 Å². The summed E-state index contributed by atoms with van der Waals surface area (Å²) in [7, 11) is 0. The quantitative estimate of drug-likeness (QED) is 0.565. The van der Waals surface area contributed by atoms with Gasteiger partial charge in [-0.15, -0.1) is 0 Å². The summed E-state index contributed by atoms with van der Waals surface area (Å²) in [5.74, 6) is 1.22.